The van der Waals surface area contributed by atoms with Crippen molar-refractivity contribution in [1.29, 1.82) is 0 Å². The van der Waals surface area contributed by atoms with Crippen molar-refractivity contribution >= 4 is 5.91 Å². The van der Waals surface area contributed by atoms with Gasteiger partial charge in [-0.2, -0.15) is 0 Å². The molecule has 1 unspecified atom stereocenters. The first-order valence-corrected chi connectivity index (χ1v) is 9.46. The molecule has 9 heteroatoms. The number of tetrazole rings is 1. The molecule has 0 saturated heterocycles. The Morgan fingerprint density at radius 2 is 1.70 bits per heavy atom. The summed E-state index contributed by atoms with van der Waals surface area (Å²) in [6.45, 7) is 2.55. The summed E-state index contributed by atoms with van der Waals surface area (Å²) in [5, 5.41) is 12.0. The number of nitrogens with zero attached hydrogens (tertiary/aromatic N) is 5. The fourth-order valence-electron chi connectivity index (χ4n) is 3.68. The summed E-state index contributed by atoms with van der Waals surface area (Å²) in [6.07, 6.45) is 0. The lowest BCUT2D eigenvalue weighted by atomic mass is 10.00. The molecular weight excluding hydrogens is 386 g/mol. The summed E-state index contributed by atoms with van der Waals surface area (Å²) < 4.78 is 18.0. The topological polar surface area (TPSA) is 91.6 Å². The number of methoxy groups -OCH3 is 3. The third kappa shape index (κ3) is 3.42. The largest absolute Gasteiger partial charge is 0.493 e. The van der Waals surface area contributed by atoms with Crippen molar-refractivity contribution in [3.8, 4) is 17.2 Å². The highest BCUT2D eigenvalue weighted by Gasteiger charge is 2.37. The summed E-state index contributed by atoms with van der Waals surface area (Å²) in [6, 6.07) is 11.2. The van der Waals surface area contributed by atoms with Gasteiger partial charge in [-0.25, -0.2) is 4.68 Å². The molecule has 30 heavy (non-hydrogen) atoms. The smallest absolute Gasteiger partial charge is 0.245 e. The number of carbonyl (C=O) groups excluding carboxylic acids is 1. The quantitative estimate of drug-likeness (QED) is 0.616. The number of aromatic nitrogens is 4. The van der Waals surface area contributed by atoms with Crippen molar-refractivity contribution in [3.05, 3.63) is 58.9 Å². The molecule has 0 aliphatic carbocycles. The van der Waals surface area contributed by atoms with E-state index in [4.69, 9.17) is 14.2 Å². The number of benzene rings is 2. The summed E-state index contributed by atoms with van der Waals surface area (Å²) in [5.41, 5.74) is 2.95. The lowest BCUT2D eigenvalue weighted by molar-refractivity contribution is -0.136. The van der Waals surface area contributed by atoms with Crippen LogP contribution in [0.5, 0.6) is 17.2 Å². The zero-order valence-corrected chi connectivity index (χ0v) is 17.3. The highest BCUT2D eigenvalue weighted by molar-refractivity contribution is 5.78. The number of hydrogen-bond donors (Lipinski definition) is 0. The van der Waals surface area contributed by atoms with Crippen LogP contribution in [0.4, 0.5) is 0 Å². The molecule has 0 bridgehead atoms. The molecule has 0 radical (unpaired) electrons. The Kier molecular flexibility index (Phi) is 5.26. The molecule has 1 atom stereocenters. The molecule has 9 nitrogen and oxygen atoms in total. The molecule has 0 saturated carbocycles. The highest BCUT2D eigenvalue weighted by atomic mass is 16.5. The zero-order chi connectivity index (χ0) is 21.3. The maximum absolute atomic E-state index is 13.1. The van der Waals surface area contributed by atoms with Gasteiger partial charge < -0.3 is 19.1 Å². The molecule has 2 aromatic carbocycles. The van der Waals surface area contributed by atoms with Gasteiger partial charge in [-0.1, -0.05) is 29.8 Å². The minimum Gasteiger partial charge on any atom is -0.493 e. The van der Waals surface area contributed by atoms with E-state index in [0.717, 1.165) is 16.7 Å². The molecule has 1 amide bonds. The van der Waals surface area contributed by atoms with Crippen LogP contribution in [-0.4, -0.2) is 52.3 Å². The second-order valence-electron chi connectivity index (χ2n) is 7.06. The minimum atomic E-state index is -0.503. The van der Waals surface area contributed by atoms with Crippen molar-refractivity contribution in [2.45, 2.75) is 26.1 Å². The van der Waals surface area contributed by atoms with Crippen LogP contribution < -0.4 is 14.2 Å². The summed E-state index contributed by atoms with van der Waals surface area (Å²) >= 11 is 0. The van der Waals surface area contributed by atoms with Crippen LogP contribution >= 0.6 is 0 Å². The van der Waals surface area contributed by atoms with Crippen molar-refractivity contribution in [1.82, 2.24) is 25.1 Å². The molecule has 2 heterocycles. The molecule has 1 aromatic heterocycles. The number of hydrogen-bond acceptors (Lipinski definition) is 7. The molecule has 1 aliphatic heterocycles. The van der Waals surface area contributed by atoms with E-state index in [1.807, 2.05) is 43.3 Å². The first kappa shape index (κ1) is 19.7. The van der Waals surface area contributed by atoms with E-state index < -0.39 is 6.04 Å². The van der Waals surface area contributed by atoms with E-state index in [9.17, 15) is 4.79 Å². The molecule has 0 fully saturated rings. The first-order valence-electron chi connectivity index (χ1n) is 9.46. The first-order chi connectivity index (χ1) is 14.5. The Hall–Kier alpha value is -3.62. The van der Waals surface area contributed by atoms with E-state index in [0.29, 0.717) is 29.6 Å². The van der Waals surface area contributed by atoms with Gasteiger partial charge in [-0.3, -0.25) is 4.79 Å². The summed E-state index contributed by atoms with van der Waals surface area (Å²) in [4.78, 5) is 14.8. The molecular formula is C21H23N5O4. The van der Waals surface area contributed by atoms with Gasteiger partial charge in [0.2, 0.25) is 11.7 Å². The molecule has 0 N–H and O–H groups in total. The Morgan fingerprint density at radius 1 is 1.03 bits per heavy atom. The fraction of sp³-hybridized carbons (Fsp3) is 0.333. The zero-order valence-electron chi connectivity index (χ0n) is 17.3. The molecule has 1 aliphatic rings. The molecule has 3 aromatic rings. The third-order valence-corrected chi connectivity index (χ3v) is 5.20. The van der Waals surface area contributed by atoms with Gasteiger partial charge in [0.25, 0.3) is 0 Å². The average Bonchev–Trinajstić information content (AvgIpc) is 3.22. The number of ether oxygens (including phenoxy) is 3. The van der Waals surface area contributed by atoms with Crippen molar-refractivity contribution in [2.24, 2.45) is 0 Å². The van der Waals surface area contributed by atoms with Crippen LogP contribution in [0, 0.1) is 6.92 Å². The standard InChI is InChI=1S/C21H23N5O4/c1-13-5-7-14(8-6-13)11-25-18(27)12-26-21(22-23-24-26)19(25)15-9-16(28-2)20(30-4)17(10-15)29-3/h5-10,19H,11-12H2,1-4H3. The molecule has 4 rings (SSSR count). The summed E-state index contributed by atoms with van der Waals surface area (Å²) in [7, 11) is 4.66. The second-order valence-corrected chi connectivity index (χ2v) is 7.06. The van der Waals surface area contributed by atoms with E-state index >= 15 is 0 Å². The van der Waals surface area contributed by atoms with Crippen LogP contribution in [0.2, 0.25) is 0 Å². The number of amides is 1. The normalized spacial score (nSPS) is 15.7. The Morgan fingerprint density at radius 3 is 2.30 bits per heavy atom. The third-order valence-electron chi connectivity index (χ3n) is 5.20. The van der Waals surface area contributed by atoms with Gasteiger partial charge in [-0.05, 0) is 40.6 Å². The number of fused-ring (bicyclic) bond motifs is 1. The lowest BCUT2D eigenvalue weighted by Gasteiger charge is -2.35. The van der Waals surface area contributed by atoms with E-state index in [1.54, 1.807) is 26.2 Å². The Bertz CT molecular complexity index is 1040. The van der Waals surface area contributed by atoms with Gasteiger partial charge >= 0.3 is 0 Å². The number of aryl methyl sites for hydroxylation is 1. The van der Waals surface area contributed by atoms with Gasteiger partial charge in [0.1, 0.15) is 12.6 Å². The lowest BCUT2D eigenvalue weighted by Crippen LogP contribution is -2.43. The number of carbonyl (C=O) groups is 1. The maximum atomic E-state index is 13.1. The number of rotatable bonds is 6. The summed E-state index contributed by atoms with van der Waals surface area (Å²) in [5.74, 6) is 1.99. The van der Waals surface area contributed by atoms with Crippen LogP contribution in [0.1, 0.15) is 28.6 Å². The van der Waals surface area contributed by atoms with Crippen molar-refractivity contribution in [3.63, 3.8) is 0 Å². The van der Waals surface area contributed by atoms with Crippen LogP contribution in [0.15, 0.2) is 36.4 Å². The molecule has 0 spiro atoms. The predicted octanol–water partition coefficient (Wildman–Crippen LogP) is 2.14. The van der Waals surface area contributed by atoms with Crippen LogP contribution in [0.3, 0.4) is 0 Å². The Balaban J connectivity index is 1.83. The van der Waals surface area contributed by atoms with Gasteiger partial charge in [0, 0.05) is 6.54 Å². The predicted molar refractivity (Wildman–Crippen MR) is 107 cm³/mol. The monoisotopic (exact) mass is 409 g/mol. The minimum absolute atomic E-state index is 0.0749. The van der Waals surface area contributed by atoms with Gasteiger partial charge in [-0.15, -0.1) is 5.10 Å². The highest BCUT2D eigenvalue weighted by Crippen LogP contribution is 2.42. The SMILES string of the molecule is COc1cc(C2c3nnnn3CC(=O)N2Cc2ccc(C)cc2)cc(OC)c1OC. The van der Waals surface area contributed by atoms with Crippen LogP contribution in [0.25, 0.3) is 0 Å². The maximum Gasteiger partial charge on any atom is 0.245 e. The van der Waals surface area contributed by atoms with Crippen molar-refractivity contribution < 1.29 is 19.0 Å². The van der Waals surface area contributed by atoms with E-state index in [-0.39, 0.29) is 12.5 Å². The second kappa shape index (κ2) is 8.02. The van der Waals surface area contributed by atoms with Gasteiger partial charge in [0.15, 0.2) is 17.3 Å². The van der Waals surface area contributed by atoms with Gasteiger partial charge in [0.05, 0.1) is 21.3 Å². The van der Waals surface area contributed by atoms with Crippen molar-refractivity contribution in [2.75, 3.05) is 21.3 Å². The fourth-order valence-corrected chi connectivity index (χ4v) is 3.68. The average molecular weight is 409 g/mol. The molecule has 156 valence electrons. The Labute approximate surface area is 174 Å². The van der Waals surface area contributed by atoms with E-state index in [1.165, 1.54) is 4.68 Å². The van der Waals surface area contributed by atoms with E-state index in [2.05, 4.69) is 15.5 Å². The van der Waals surface area contributed by atoms with Crippen LogP contribution in [-0.2, 0) is 17.9 Å².